The highest BCUT2D eigenvalue weighted by molar-refractivity contribution is 4.29. The quantitative estimate of drug-likeness (QED) is 0.296. The van der Waals surface area contributed by atoms with Crippen LogP contribution in [0.4, 0.5) is 0 Å². The average Bonchev–Trinajstić information content (AvgIpc) is 1.69. The highest BCUT2D eigenvalue weighted by atomic mass is 17.7. The van der Waals surface area contributed by atoms with Crippen molar-refractivity contribution in [1.29, 1.82) is 0 Å². The standard InChI is InChI=1S/C3H6O4/c4-7-3-1-2-5-6-7/h1-3H2. The van der Waals surface area contributed by atoms with E-state index in [2.05, 4.69) is 9.93 Å². The van der Waals surface area contributed by atoms with Crippen molar-refractivity contribution in [2.75, 3.05) is 13.2 Å². The normalized spacial score (nSPS) is 25.3. The molecular formula is C3H6O4. The second-order valence-corrected chi connectivity index (χ2v) is 1.25. The smallest absolute Gasteiger partial charge is 0.197 e. The molecule has 0 aromatic carbocycles. The minimum absolute atomic E-state index is 0.333. The molecule has 0 amide bonds. The summed E-state index contributed by atoms with van der Waals surface area (Å²) >= 11 is 0. The van der Waals surface area contributed by atoms with Crippen molar-refractivity contribution in [3.05, 3.63) is 0 Å². The van der Waals surface area contributed by atoms with Gasteiger partial charge in [0.2, 0.25) is 0 Å². The first kappa shape index (κ1) is 4.99. The van der Waals surface area contributed by atoms with Gasteiger partial charge in [-0.1, -0.05) is 0 Å². The molecule has 0 bridgehead atoms. The van der Waals surface area contributed by atoms with Gasteiger partial charge in [0.1, 0.15) is 0 Å². The van der Waals surface area contributed by atoms with Gasteiger partial charge in [-0.05, 0) is 0 Å². The number of hydrogen-bond donors (Lipinski definition) is 0. The summed E-state index contributed by atoms with van der Waals surface area (Å²) in [7, 11) is 0. The zero-order valence-electron chi connectivity index (χ0n) is 3.75. The van der Waals surface area contributed by atoms with E-state index in [-0.39, 0.29) is 0 Å². The Labute approximate surface area is 40.7 Å². The Morgan fingerprint density at radius 3 is 2.71 bits per heavy atom. The van der Waals surface area contributed by atoms with Gasteiger partial charge in [0.25, 0.3) is 0 Å². The molecule has 42 valence electrons. The molecule has 0 saturated carbocycles. The van der Waals surface area contributed by atoms with Crippen molar-refractivity contribution in [2.24, 2.45) is 0 Å². The molecule has 0 aromatic rings. The maximum atomic E-state index is 9.95. The highest BCUT2D eigenvalue weighted by Crippen LogP contribution is 1.99. The van der Waals surface area contributed by atoms with Crippen LogP contribution in [0.15, 0.2) is 0 Å². The Kier molecular flexibility index (Phi) is 1.59. The molecule has 1 saturated heterocycles. The van der Waals surface area contributed by atoms with Crippen molar-refractivity contribution < 1.29 is 19.9 Å². The van der Waals surface area contributed by atoms with Crippen molar-refractivity contribution in [2.45, 2.75) is 6.42 Å². The third-order valence-corrected chi connectivity index (χ3v) is 0.663. The van der Waals surface area contributed by atoms with Crippen LogP contribution in [0.5, 0.6) is 0 Å². The third kappa shape index (κ3) is 1.40. The third-order valence-electron chi connectivity index (χ3n) is 0.663. The molecule has 7 heavy (non-hydrogen) atoms. The van der Waals surface area contributed by atoms with E-state index >= 15 is 0 Å². The lowest BCUT2D eigenvalue weighted by Gasteiger charge is -2.16. The zero-order valence-corrected chi connectivity index (χ0v) is 3.75. The molecule has 0 aliphatic carbocycles. The molecule has 1 aliphatic rings. The van der Waals surface area contributed by atoms with Crippen LogP contribution in [0.2, 0.25) is 0 Å². The van der Waals surface area contributed by atoms with Crippen LogP contribution in [-0.2, 0) is 14.6 Å². The summed E-state index contributed by atoms with van der Waals surface area (Å²) in [4.78, 5) is 4.26. The maximum absolute atomic E-state index is 9.95. The largest absolute Gasteiger partial charge is 0.484 e. The molecule has 0 spiro atoms. The van der Waals surface area contributed by atoms with Crippen LogP contribution in [0.1, 0.15) is 6.42 Å². The molecule has 0 unspecified atom stereocenters. The fourth-order valence-electron chi connectivity index (χ4n) is 0.357. The lowest BCUT2D eigenvalue weighted by Crippen LogP contribution is -2.32. The molecule has 1 rings (SSSR count). The van der Waals surface area contributed by atoms with Crippen molar-refractivity contribution in [3.63, 3.8) is 0 Å². The zero-order chi connectivity index (χ0) is 5.11. The first-order valence-corrected chi connectivity index (χ1v) is 2.08. The van der Waals surface area contributed by atoms with Gasteiger partial charge in [-0.2, -0.15) is 4.89 Å². The van der Waals surface area contributed by atoms with Gasteiger partial charge in [0.05, 0.1) is 11.6 Å². The first-order chi connectivity index (χ1) is 3.39. The summed E-state index contributed by atoms with van der Waals surface area (Å²) in [5.41, 5.74) is 0. The summed E-state index contributed by atoms with van der Waals surface area (Å²) in [5.74, 6) is 0. The van der Waals surface area contributed by atoms with Crippen LogP contribution in [0.25, 0.3) is 0 Å². The van der Waals surface area contributed by atoms with E-state index < -0.39 is 0 Å². The highest BCUT2D eigenvalue weighted by Gasteiger charge is 2.09. The van der Waals surface area contributed by atoms with Gasteiger partial charge >= 0.3 is 0 Å². The first-order valence-electron chi connectivity index (χ1n) is 2.08. The SMILES string of the molecule is [O-][O+]1CCCOO1. The molecule has 0 aromatic heterocycles. The van der Waals surface area contributed by atoms with Crippen LogP contribution in [-0.4, -0.2) is 13.2 Å². The summed E-state index contributed by atoms with van der Waals surface area (Å²) < 4.78 is 1.10. The Hall–Kier alpha value is -0.160. The Balaban J connectivity index is 2.12. The van der Waals surface area contributed by atoms with Crippen LogP contribution in [0, 0.1) is 0 Å². The van der Waals surface area contributed by atoms with Crippen LogP contribution in [0.3, 0.4) is 0 Å². The van der Waals surface area contributed by atoms with Crippen LogP contribution >= 0.6 is 0 Å². The minimum atomic E-state index is 0.333. The van der Waals surface area contributed by atoms with E-state index in [0.717, 1.165) is 4.67 Å². The predicted molar refractivity (Wildman–Crippen MR) is 17.6 cm³/mol. The van der Waals surface area contributed by atoms with E-state index in [1.807, 2.05) is 0 Å². The molecule has 0 radical (unpaired) electrons. The fraction of sp³-hybridized carbons (Fsp3) is 1.00. The van der Waals surface area contributed by atoms with Gasteiger partial charge in [0.15, 0.2) is 6.61 Å². The fourth-order valence-corrected chi connectivity index (χ4v) is 0.357. The average molecular weight is 106 g/mol. The van der Waals surface area contributed by atoms with Crippen molar-refractivity contribution in [3.8, 4) is 0 Å². The Morgan fingerprint density at radius 1 is 1.57 bits per heavy atom. The minimum Gasteiger partial charge on any atom is -0.484 e. The molecular weight excluding hydrogens is 100 g/mol. The number of rotatable bonds is 0. The lowest BCUT2D eigenvalue weighted by molar-refractivity contribution is -0.955. The molecule has 0 atom stereocenters. The Morgan fingerprint density at radius 2 is 2.43 bits per heavy atom. The summed E-state index contributed by atoms with van der Waals surface area (Å²) in [6.07, 6.45) is 0.716. The summed E-state index contributed by atoms with van der Waals surface area (Å²) in [5, 5.41) is 13.9. The topological polar surface area (TPSA) is 44.2 Å². The van der Waals surface area contributed by atoms with Gasteiger partial charge in [-0.15, -0.1) is 0 Å². The van der Waals surface area contributed by atoms with E-state index in [1.54, 1.807) is 0 Å². The molecule has 1 fully saturated rings. The van der Waals surface area contributed by atoms with E-state index in [9.17, 15) is 5.26 Å². The van der Waals surface area contributed by atoms with Gasteiger partial charge in [-0.3, -0.25) is 0 Å². The molecule has 4 nitrogen and oxygen atoms in total. The molecule has 0 N–H and O–H groups in total. The predicted octanol–water partition coefficient (Wildman–Crippen LogP) is -0.919. The van der Waals surface area contributed by atoms with Gasteiger partial charge in [-0.25, -0.2) is 4.67 Å². The Bertz CT molecular complexity index is 48.9. The van der Waals surface area contributed by atoms with Crippen molar-refractivity contribution >= 4 is 0 Å². The van der Waals surface area contributed by atoms with Gasteiger partial charge < -0.3 is 5.26 Å². The monoisotopic (exact) mass is 106 g/mol. The summed E-state index contributed by atoms with van der Waals surface area (Å²) in [6.45, 7) is 0.839. The van der Waals surface area contributed by atoms with Crippen LogP contribution < -0.4 is 5.26 Å². The maximum Gasteiger partial charge on any atom is 0.197 e. The second kappa shape index (κ2) is 2.23. The molecule has 4 heteroatoms. The van der Waals surface area contributed by atoms with E-state index in [0.29, 0.717) is 19.6 Å². The van der Waals surface area contributed by atoms with Gasteiger partial charge in [0, 0.05) is 6.42 Å². The lowest BCUT2D eigenvalue weighted by atomic mass is 10.5. The number of hydrogen-bond acceptors (Lipinski definition) is 3. The van der Waals surface area contributed by atoms with Crippen molar-refractivity contribution in [1.82, 2.24) is 0 Å². The summed E-state index contributed by atoms with van der Waals surface area (Å²) in [6, 6.07) is 0. The molecule has 1 aliphatic heterocycles. The molecule has 1 heterocycles. The second-order valence-electron chi connectivity index (χ2n) is 1.25. The van der Waals surface area contributed by atoms with E-state index in [1.165, 1.54) is 0 Å². The van der Waals surface area contributed by atoms with E-state index in [4.69, 9.17) is 0 Å².